The Morgan fingerprint density at radius 3 is 2.79 bits per heavy atom. The standard InChI is InChI=1S/C19H27N3O2/c1-23-13-12-22-11-9-20-19(22)17-4-3-10-21(15-17)14-16-5-7-18(24-2)8-6-16/h5-9,11,17H,3-4,10,12-15H2,1-2H3/t17-/m0/s1. The van der Waals surface area contributed by atoms with E-state index in [0.29, 0.717) is 5.92 Å². The summed E-state index contributed by atoms with van der Waals surface area (Å²) in [5.41, 5.74) is 1.33. The number of methoxy groups -OCH3 is 2. The topological polar surface area (TPSA) is 39.5 Å². The van der Waals surface area contributed by atoms with Gasteiger partial charge in [0, 0.05) is 45.1 Å². The second-order valence-corrected chi connectivity index (χ2v) is 6.39. The number of aromatic nitrogens is 2. The lowest BCUT2D eigenvalue weighted by Crippen LogP contribution is -2.35. The number of rotatable bonds is 7. The summed E-state index contributed by atoms with van der Waals surface area (Å²) in [4.78, 5) is 7.15. The smallest absolute Gasteiger partial charge is 0.118 e. The molecule has 1 atom stereocenters. The molecule has 0 spiro atoms. The van der Waals surface area contributed by atoms with Gasteiger partial charge in [-0.3, -0.25) is 4.90 Å². The summed E-state index contributed by atoms with van der Waals surface area (Å²) in [7, 11) is 3.45. The summed E-state index contributed by atoms with van der Waals surface area (Å²) in [6.45, 7) is 4.81. The third kappa shape index (κ3) is 4.16. The molecule has 3 rings (SSSR count). The van der Waals surface area contributed by atoms with Crippen molar-refractivity contribution < 1.29 is 9.47 Å². The summed E-state index contributed by atoms with van der Waals surface area (Å²) >= 11 is 0. The summed E-state index contributed by atoms with van der Waals surface area (Å²) in [5.74, 6) is 2.62. The number of benzene rings is 1. The van der Waals surface area contributed by atoms with Crippen LogP contribution in [0.4, 0.5) is 0 Å². The Balaban J connectivity index is 1.62. The first-order chi connectivity index (χ1) is 11.8. The maximum atomic E-state index is 5.24. The van der Waals surface area contributed by atoms with Crippen molar-refractivity contribution in [3.05, 3.63) is 48.0 Å². The van der Waals surface area contributed by atoms with Crippen LogP contribution in [0.5, 0.6) is 5.75 Å². The van der Waals surface area contributed by atoms with Crippen molar-refractivity contribution in [2.75, 3.05) is 33.9 Å². The Morgan fingerprint density at radius 2 is 2.04 bits per heavy atom. The first-order valence-electron chi connectivity index (χ1n) is 8.65. The number of nitrogens with zero attached hydrogens (tertiary/aromatic N) is 3. The van der Waals surface area contributed by atoms with Crippen molar-refractivity contribution in [2.45, 2.75) is 31.8 Å². The van der Waals surface area contributed by atoms with Crippen molar-refractivity contribution in [1.82, 2.24) is 14.5 Å². The fourth-order valence-corrected chi connectivity index (χ4v) is 3.46. The molecule has 0 saturated carbocycles. The summed E-state index contributed by atoms with van der Waals surface area (Å²) < 4.78 is 12.7. The Bertz CT molecular complexity index is 624. The molecule has 1 aromatic carbocycles. The average molecular weight is 329 g/mol. The molecule has 2 aromatic rings. The van der Waals surface area contributed by atoms with E-state index < -0.39 is 0 Å². The minimum Gasteiger partial charge on any atom is -0.497 e. The molecule has 0 radical (unpaired) electrons. The van der Waals surface area contributed by atoms with E-state index in [9.17, 15) is 0 Å². The van der Waals surface area contributed by atoms with Gasteiger partial charge in [-0.15, -0.1) is 0 Å². The molecule has 1 saturated heterocycles. The van der Waals surface area contributed by atoms with E-state index in [1.807, 2.05) is 18.3 Å². The van der Waals surface area contributed by atoms with Crippen LogP contribution < -0.4 is 4.74 Å². The molecular formula is C19H27N3O2. The maximum Gasteiger partial charge on any atom is 0.118 e. The lowest BCUT2D eigenvalue weighted by Gasteiger charge is -2.32. The molecule has 0 unspecified atom stereocenters. The molecule has 24 heavy (non-hydrogen) atoms. The molecular weight excluding hydrogens is 302 g/mol. The van der Waals surface area contributed by atoms with Gasteiger partial charge in [-0.05, 0) is 37.1 Å². The number of ether oxygens (including phenoxy) is 2. The second kappa shape index (κ2) is 8.31. The van der Waals surface area contributed by atoms with Crippen LogP contribution in [0.3, 0.4) is 0 Å². The van der Waals surface area contributed by atoms with Gasteiger partial charge in [0.2, 0.25) is 0 Å². The van der Waals surface area contributed by atoms with Crippen molar-refractivity contribution in [2.24, 2.45) is 0 Å². The van der Waals surface area contributed by atoms with E-state index in [0.717, 1.165) is 38.5 Å². The van der Waals surface area contributed by atoms with E-state index in [2.05, 4.69) is 32.8 Å². The number of imidazole rings is 1. The first-order valence-corrected chi connectivity index (χ1v) is 8.65. The average Bonchev–Trinajstić information content (AvgIpc) is 3.09. The summed E-state index contributed by atoms with van der Waals surface area (Å²) in [6.07, 6.45) is 6.41. The molecule has 5 heteroatoms. The predicted octanol–water partition coefficient (Wildman–Crippen LogP) is 2.92. The largest absolute Gasteiger partial charge is 0.497 e. The molecule has 0 N–H and O–H groups in total. The van der Waals surface area contributed by atoms with Gasteiger partial charge in [0.05, 0.1) is 13.7 Å². The van der Waals surface area contributed by atoms with Gasteiger partial charge in [0.1, 0.15) is 11.6 Å². The lowest BCUT2D eigenvalue weighted by atomic mass is 9.96. The first kappa shape index (κ1) is 17.0. The van der Waals surface area contributed by atoms with Crippen LogP contribution in [0.2, 0.25) is 0 Å². The van der Waals surface area contributed by atoms with Gasteiger partial charge < -0.3 is 14.0 Å². The van der Waals surface area contributed by atoms with Crippen molar-refractivity contribution in [1.29, 1.82) is 0 Å². The summed E-state index contributed by atoms with van der Waals surface area (Å²) in [6, 6.07) is 8.38. The highest BCUT2D eigenvalue weighted by Gasteiger charge is 2.24. The molecule has 0 bridgehead atoms. The van der Waals surface area contributed by atoms with Gasteiger partial charge in [-0.2, -0.15) is 0 Å². The van der Waals surface area contributed by atoms with Crippen LogP contribution in [0.15, 0.2) is 36.7 Å². The van der Waals surface area contributed by atoms with Gasteiger partial charge >= 0.3 is 0 Å². The number of likely N-dealkylation sites (tertiary alicyclic amines) is 1. The van der Waals surface area contributed by atoms with Crippen LogP contribution in [0.1, 0.15) is 30.1 Å². The Labute approximate surface area is 144 Å². The molecule has 130 valence electrons. The number of piperidine rings is 1. The molecule has 2 heterocycles. The minimum absolute atomic E-state index is 0.504. The predicted molar refractivity (Wildman–Crippen MR) is 94.3 cm³/mol. The van der Waals surface area contributed by atoms with Gasteiger partial charge in [0.25, 0.3) is 0 Å². The van der Waals surface area contributed by atoms with Crippen molar-refractivity contribution in [3.8, 4) is 5.75 Å². The zero-order chi connectivity index (χ0) is 16.8. The quantitative estimate of drug-likeness (QED) is 0.783. The molecule has 1 aliphatic rings. The van der Waals surface area contributed by atoms with Crippen LogP contribution in [0, 0.1) is 0 Å². The van der Waals surface area contributed by atoms with Crippen LogP contribution >= 0.6 is 0 Å². The molecule has 0 aliphatic carbocycles. The van der Waals surface area contributed by atoms with Crippen LogP contribution in [-0.2, 0) is 17.8 Å². The normalized spacial score (nSPS) is 18.7. The van der Waals surface area contributed by atoms with E-state index in [1.165, 1.54) is 24.2 Å². The lowest BCUT2D eigenvalue weighted by molar-refractivity contribution is 0.177. The third-order valence-corrected chi connectivity index (χ3v) is 4.72. The molecule has 5 nitrogen and oxygen atoms in total. The SMILES string of the molecule is COCCn1ccnc1[C@H]1CCCN(Cc2ccc(OC)cc2)C1. The zero-order valence-electron chi connectivity index (χ0n) is 14.6. The van der Waals surface area contributed by atoms with E-state index in [-0.39, 0.29) is 0 Å². The molecule has 1 aromatic heterocycles. The Kier molecular flexibility index (Phi) is 5.88. The van der Waals surface area contributed by atoms with Gasteiger partial charge in [-0.25, -0.2) is 4.98 Å². The van der Waals surface area contributed by atoms with Crippen molar-refractivity contribution >= 4 is 0 Å². The molecule has 1 fully saturated rings. The second-order valence-electron chi connectivity index (χ2n) is 6.39. The highest BCUT2D eigenvalue weighted by Crippen LogP contribution is 2.27. The zero-order valence-corrected chi connectivity index (χ0v) is 14.6. The minimum atomic E-state index is 0.504. The monoisotopic (exact) mass is 329 g/mol. The van der Waals surface area contributed by atoms with Gasteiger partial charge in [0.15, 0.2) is 0 Å². The third-order valence-electron chi connectivity index (χ3n) is 4.72. The van der Waals surface area contributed by atoms with E-state index >= 15 is 0 Å². The maximum absolute atomic E-state index is 5.24. The Morgan fingerprint density at radius 1 is 1.21 bits per heavy atom. The van der Waals surface area contributed by atoms with Gasteiger partial charge in [-0.1, -0.05) is 12.1 Å². The summed E-state index contributed by atoms with van der Waals surface area (Å²) in [5, 5.41) is 0. The molecule has 0 amide bonds. The van der Waals surface area contributed by atoms with Crippen molar-refractivity contribution in [3.63, 3.8) is 0 Å². The number of hydrogen-bond donors (Lipinski definition) is 0. The number of hydrogen-bond acceptors (Lipinski definition) is 4. The van der Waals surface area contributed by atoms with Crippen LogP contribution in [-0.4, -0.2) is 48.4 Å². The fraction of sp³-hybridized carbons (Fsp3) is 0.526. The van der Waals surface area contributed by atoms with Crippen LogP contribution in [0.25, 0.3) is 0 Å². The molecule has 1 aliphatic heterocycles. The Hall–Kier alpha value is -1.85. The fourth-order valence-electron chi connectivity index (χ4n) is 3.46. The highest BCUT2D eigenvalue weighted by atomic mass is 16.5. The van der Waals surface area contributed by atoms with E-state index in [1.54, 1.807) is 14.2 Å². The highest BCUT2D eigenvalue weighted by molar-refractivity contribution is 5.27. The van der Waals surface area contributed by atoms with E-state index in [4.69, 9.17) is 9.47 Å².